The van der Waals surface area contributed by atoms with Crippen LogP contribution in [0.15, 0.2) is 79.3 Å². The van der Waals surface area contributed by atoms with E-state index in [-0.39, 0.29) is 42.0 Å². The van der Waals surface area contributed by atoms with Gasteiger partial charge in [0.15, 0.2) is 5.11 Å². The highest BCUT2D eigenvalue weighted by Crippen LogP contribution is 2.32. The average Bonchev–Trinajstić information content (AvgIpc) is 3.47. The maximum atomic E-state index is 14.0. The molecule has 0 spiro atoms. The highest BCUT2D eigenvalue weighted by Gasteiger charge is 2.34. The molecule has 246 valence electrons. The molecule has 1 aromatic heterocycles. The summed E-state index contributed by atoms with van der Waals surface area (Å²) >= 11 is 5.82. The zero-order valence-electron chi connectivity index (χ0n) is 26.9. The number of alkyl halides is 3. The number of hydrogen-bond donors (Lipinski definition) is 2. The number of benzene rings is 3. The van der Waals surface area contributed by atoms with Gasteiger partial charge in [-0.3, -0.25) is 4.79 Å². The van der Waals surface area contributed by atoms with Gasteiger partial charge in [0.2, 0.25) is 5.91 Å². The normalized spacial score (nSPS) is 12.6. The third-order valence-electron chi connectivity index (χ3n) is 8.27. The summed E-state index contributed by atoms with van der Waals surface area (Å²) in [5, 5.41) is 15.7. The van der Waals surface area contributed by atoms with Crippen LogP contribution in [0.3, 0.4) is 0 Å². The lowest BCUT2D eigenvalue weighted by molar-refractivity contribution is -0.138. The van der Waals surface area contributed by atoms with E-state index < -0.39 is 17.8 Å². The number of nitrogens with zero attached hydrogens (tertiary/aromatic N) is 4. The number of carbonyl (C=O) groups excluding carboxylic acids is 1. The van der Waals surface area contributed by atoms with E-state index in [0.29, 0.717) is 17.8 Å². The van der Waals surface area contributed by atoms with Crippen LogP contribution in [0, 0.1) is 31.1 Å². The smallest absolute Gasteiger partial charge is 0.351 e. The lowest BCUT2D eigenvalue weighted by atomic mass is 9.97. The molecular weight excluding hydrogens is 621 g/mol. The Labute approximate surface area is 279 Å². The Morgan fingerprint density at radius 3 is 2.49 bits per heavy atom. The zero-order chi connectivity index (χ0) is 34.1. The molecule has 11 heteroatoms. The van der Waals surface area contributed by atoms with Crippen molar-refractivity contribution in [2.75, 3.05) is 11.9 Å². The Kier molecular flexibility index (Phi) is 11.8. The highest BCUT2D eigenvalue weighted by atomic mass is 32.1. The second-order valence-corrected chi connectivity index (χ2v) is 12.2. The Morgan fingerprint density at radius 1 is 1.11 bits per heavy atom. The average molecular weight is 661 g/mol. The summed E-state index contributed by atoms with van der Waals surface area (Å²) in [5.41, 5.74) is 4.38. The van der Waals surface area contributed by atoms with Crippen LogP contribution in [0.2, 0.25) is 0 Å². The van der Waals surface area contributed by atoms with Gasteiger partial charge in [0.25, 0.3) is 0 Å². The molecule has 1 amide bonds. The van der Waals surface area contributed by atoms with Gasteiger partial charge in [0.05, 0.1) is 29.9 Å². The number of imidazole rings is 1. The number of anilines is 1. The molecule has 0 radical (unpaired) electrons. The van der Waals surface area contributed by atoms with Gasteiger partial charge in [-0.25, -0.2) is 4.98 Å². The molecule has 3 aromatic carbocycles. The van der Waals surface area contributed by atoms with Gasteiger partial charge in [0.1, 0.15) is 0 Å². The van der Waals surface area contributed by atoms with Crippen LogP contribution in [-0.4, -0.2) is 38.1 Å². The molecule has 0 aliphatic heterocycles. The number of hydrogen-bond acceptors (Lipinski definition) is 4. The second kappa shape index (κ2) is 15.7. The number of nitriles is 1. The van der Waals surface area contributed by atoms with Crippen molar-refractivity contribution >= 4 is 28.9 Å². The van der Waals surface area contributed by atoms with Crippen molar-refractivity contribution < 1.29 is 18.0 Å². The summed E-state index contributed by atoms with van der Waals surface area (Å²) in [4.78, 5) is 19.4. The fraction of sp³-hybridized carbons (Fsp3) is 0.333. The first-order valence-electron chi connectivity index (χ1n) is 15.4. The van der Waals surface area contributed by atoms with E-state index >= 15 is 0 Å². The van der Waals surface area contributed by atoms with Gasteiger partial charge in [-0.15, -0.1) is 0 Å². The Morgan fingerprint density at radius 2 is 1.83 bits per heavy atom. The molecule has 2 atom stereocenters. The van der Waals surface area contributed by atoms with Crippen LogP contribution in [0.1, 0.15) is 59.3 Å². The van der Waals surface area contributed by atoms with Gasteiger partial charge >= 0.3 is 6.18 Å². The summed E-state index contributed by atoms with van der Waals surface area (Å²) in [6, 6.07) is 20.2. The molecule has 1 heterocycles. The quantitative estimate of drug-likeness (QED) is 0.154. The van der Waals surface area contributed by atoms with Crippen LogP contribution in [0.25, 0.3) is 0 Å². The Balaban J connectivity index is 1.56. The predicted molar refractivity (Wildman–Crippen MR) is 182 cm³/mol. The minimum absolute atomic E-state index is 0.00761. The van der Waals surface area contributed by atoms with E-state index in [1.54, 1.807) is 35.6 Å². The first kappa shape index (κ1) is 35.2. The number of amides is 1. The van der Waals surface area contributed by atoms with Crippen LogP contribution in [0.5, 0.6) is 0 Å². The maximum Gasteiger partial charge on any atom is 0.416 e. The number of carbonyl (C=O) groups is 1. The fourth-order valence-corrected chi connectivity index (χ4v) is 5.59. The molecule has 0 unspecified atom stereocenters. The topological polar surface area (TPSA) is 86.0 Å². The number of aromatic nitrogens is 2. The Hall–Kier alpha value is -4.69. The molecule has 2 N–H and O–H groups in total. The van der Waals surface area contributed by atoms with Crippen LogP contribution < -0.4 is 10.6 Å². The van der Waals surface area contributed by atoms with Gasteiger partial charge in [-0.2, -0.15) is 18.4 Å². The summed E-state index contributed by atoms with van der Waals surface area (Å²) in [7, 11) is 0. The molecule has 0 aliphatic rings. The van der Waals surface area contributed by atoms with Crippen LogP contribution >= 0.6 is 12.2 Å². The maximum absolute atomic E-state index is 14.0. The monoisotopic (exact) mass is 660 g/mol. The molecule has 47 heavy (non-hydrogen) atoms. The molecule has 4 aromatic rings. The molecule has 4 rings (SSSR count). The minimum Gasteiger partial charge on any atom is -0.351 e. The van der Waals surface area contributed by atoms with Gasteiger partial charge in [-0.1, -0.05) is 68.3 Å². The lowest BCUT2D eigenvalue weighted by Crippen LogP contribution is -2.50. The van der Waals surface area contributed by atoms with E-state index in [9.17, 15) is 18.0 Å². The van der Waals surface area contributed by atoms with Crippen LogP contribution in [0.4, 0.5) is 18.9 Å². The van der Waals surface area contributed by atoms with Crippen LogP contribution in [-0.2, 0) is 30.5 Å². The molecule has 0 aliphatic carbocycles. The van der Waals surface area contributed by atoms with Gasteiger partial charge in [0, 0.05) is 43.3 Å². The summed E-state index contributed by atoms with van der Waals surface area (Å²) < 4.78 is 43.9. The van der Waals surface area contributed by atoms with E-state index in [1.165, 1.54) is 12.1 Å². The predicted octanol–water partition coefficient (Wildman–Crippen LogP) is 7.41. The largest absolute Gasteiger partial charge is 0.416 e. The van der Waals surface area contributed by atoms with E-state index in [2.05, 4.69) is 21.7 Å². The minimum atomic E-state index is -4.53. The Bertz CT molecular complexity index is 1730. The number of halogens is 3. The van der Waals surface area contributed by atoms with Gasteiger partial charge < -0.3 is 20.1 Å². The number of thiocarbonyl (C=S) groups is 1. The van der Waals surface area contributed by atoms with Gasteiger partial charge in [-0.05, 0) is 72.9 Å². The van der Waals surface area contributed by atoms with Crippen molar-refractivity contribution in [2.24, 2.45) is 5.92 Å². The van der Waals surface area contributed by atoms with Crippen molar-refractivity contribution in [1.82, 2.24) is 19.8 Å². The molecule has 7 nitrogen and oxygen atoms in total. The van der Waals surface area contributed by atoms with E-state index in [1.807, 2.05) is 62.6 Å². The molecule has 0 bridgehead atoms. The highest BCUT2D eigenvalue weighted by molar-refractivity contribution is 7.80. The van der Waals surface area contributed by atoms with E-state index in [0.717, 1.165) is 34.9 Å². The first-order valence-corrected chi connectivity index (χ1v) is 15.8. The SMILES string of the molecule is CC[C@H](C)[C@@H](CN(Cc1ccccc1C(F)(F)F)C(=S)Nc1ccc(C)cc1C)NC(=O)Cc1cncn1Cc1ccc(C#N)cc1. The van der Waals surface area contributed by atoms with Crippen molar-refractivity contribution in [3.05, 3.63) is 118 Å². The number of aryl methyl sites for hydroxylation is 2. The summed E-state index contributed by atoms with van der Waals surface area (Å²) in [5.74, 6) is -0.243. The molecule has 0 fully saturated rings. The third-order valence-corrected chi connectivity index (χ3v) is 8.63. The standard InChI is InChI=1S/C36H39F3N6OS/c1-5-25(3)33(42-34(46)17-30-19-41-23-45(30)20-28-13-11-27(18-40)12-14-28)22-44(21-29-8-6-7-9-31(29)36(37,38)39)35(47)43-32-15-10-24(2)16-26(32)4/h6-16,19,23,25,33H,5,17,20-22H2,1-4H3,(H,42,46)(H,43,47)/t25-,33+/m0/s1. The summed E-state index contributed by atoms with van der Waals surface area (Å²) in [6.07, 6.45) is -0.443. The van der Waals surface area contributed by atoms with Crippen molar-refractivity contribution in [3.63, 3.8) is 0 Å². The summed E-state index contributed by atoms with van der Waals surface area (Å²) in [6.45, 7) is 8.49. The molecular formula is C36H39F3N6OS. The second-order valence-electron chi connectivity index (χ2n) is 11.8. The van der Waals surface area contributed by atoms with E-state index in [4.69, 9.17) is 17.5 Å². The molecule has 0 saturated heterocycles. The number of nitrogens with one attached hydrogen (secondary N) is 2. The first-order chi connectivity index (χ1) is 22.4. The third kappa shape index (κ3) is 9.66. The number of rotatable bonds is 12. The van der Waals surface area contributed by atoms with Crippen molar-refractivity contribution in [2.45, 2.75) is 65.8 Å². The molecule has 0 saturated carbocycles. The zero-order valence-corrected chi connectivity index (χ0v) is 27.8. The fourth-order valence-electron chi connectivity index (χ4n) is 5.34. The van der Waals surface area contributed by atoms with Crippen molar-refractivity contribution in [3.8, 4) is 6.07 Å². The van der Waals surface area contributed by atoms with Crippen molar-refractivity contribution in [1.29, 1.82) is 5.26 Å². The lowest BCUT2D eigenvalue weighted by Gasteiger charge is -2.34.